The Bertz CT molecular complexity index is 662. The van der Waals surface area contributed by atoms with E-state index in [1.54, 1.807) is 4.90 Å². The van der Waals surface area contributed by atoms with Crippen LogP contribution < -0.4 is 9.64 Å². The van der Waals surface area contributed by atoms with Crippen LogP contribution in [-0.2, 0) is 11.0 Å². The van der Waals surface area contributed by atoms with Crippen LogP contribution in [0.4, 0.5) is 19.0 Å². The molecular formula is C16H18F3N3O2. The fraction of sp³-hybridized carbons (Fsp3) is 0.500. The van der Waals surface area contributed by atoms with Crippen LogP contribution in [0, 0.1) is 0 Å². The number of ether oxygens (including phenoxy) is 1. The molecule has 1 aromatic heterocycles. The third kappa shape index (κ3) is 3.05. The first-order valence-corrected chi connectivity index (χ1v) is 7.71. The molecule has 0 radical (unpaired) electrons. The minimum absolute atomic E-state index is 0.0527. The number of hydrogen-bond acceptors (Lipinski definition) is 4. The van der Waals surface area contributed by atoms with Gasteiger partial charge >= 0.3 is 6.18 Å². The molecule has 2 aliphatic heterocycles. The Kier molecular flexibility index (Phi) is 4.15. The first-order valence-electron chi connectivity index (χ1n) is 7.71. The van der Waals surface area contributed by atoms with Crippen LogP contribution in [0.5, 0.6) is 5.75 Å². The Balaban J connectivity index is 1.93. The van der Waals surface area contributed by atoms with Crippen molar-refractivity contribution in [1.82, 2.24) is 9.88 Å². The molecule has 1 amide bonds. The normalized spacial score (nSPS) is 23.7. The van der Waals surface area contributed by atoms with E-state index >= 15 is 0 Å². The SMILES string of the molecule is C=CC(=O)N1CCN2c3ncc(C(F)(F)F)cc3OC(C)C[C@H]2C1. The zero-order chi connectivity index (χ0) is 17.5. The highest BCUT2D eigenvalue weighted by molar-refractivity contribution is 5.87. The van der Waals surface area contributed by atoms with Crippen LogP contribution in [0.1, 0.15) is 18.9 Å². The number of fused-ring (bicyclic) bond motifs is 3. The lowest BCUT2D eigenvalue weighted by Crippen LogP contribution is -2.55. The van der Waals surface area contributed by atoms with Crippen molar-refractivity contribution < 1.29 is 22.7 Å². The molecule has 24 heavy (non-hydrogen) atoms. The highest BCUT2D eigenvalue weighted by Gasteiger charge is 2.37. The van der Waals surface area contributed by atoms with Gasteiger partial charge in [0, 0.05) is 32.3 Å². The molecule has 5 nitrogen and oxygen atoms in total. The summed E-state index contributed by atoms with van der Waals surface area (Å²) in [6, 6.07) is 0.950. The van der Waals surface area contributed by atoms with Crippen LogP contribution in [0.3, 0.4) is 0 Å². The molecule has 1 aromatic rings. The fourth-order valence-electron chi connectivity index (χ4n) is 3.21. The summed E-state index contributed by atoms with van der Waals surface area (Å²) in [5.41, 5.74) is -0.827. The first-order chi connectivity index (χ1) is 11.3. The summed E-state index contributed by atoms with van der Waals surface area (Å²) in [6.07, 6.45) is -2.04. The number of rotatable bonds is 1. The Morgan fingerprint density at radius 2 is 2.21 bits per heavy atom. The van der Waals surface area contributed by atoms with E-state index in [-0.39, 0.29) is 23.8 Å². The summed E-state index contributed by atoms with van der Waals surface area (Å²) in [6.45, 7) is 6.74. The van der Waals surface area contributed by atoms with Crippen molar-refractivity contribution in [3.05, 3.63) is 30.5 Å². The van der Waals surface area contributed by atoms with Gasteiger partial charge in [-0.1, -0.05) is 6.58 Å². The average Bonchev–Trinajstić information content (AvgIpc) is 2.66. The summed E-state index contributed by atoms with van der Waals surface area (Å²) in [4.78, 5) is 19.5. The number of carbonyl (C=O) groups excluding carboxylic acids is 1. The summed E-state index contributed by atoms with van der Waals surface area (Å²) in [5.74, 6) is 0.402. The van der Waals surface area contributed by atoms with E-state index in [0.29, 0.717) is 31.9 Å². The molecule has 0 N–H and O–H groups in total. The molecule has 1 fully saturated rings. The summed E-state index contributed by atoms with van der Waals surface area (Å²) < 4.78 is 44.4. The largest absolute Gasteiger partial charge is 0.487 e. The van der Waals surface area contributed by atoms with Crippen molar-refractivity contribution in [2.45, 2.75) is 31.7 Å². The number of nitrogens with zero attached hydrogens (tertiary/aromatic N) is 3. The maximum Gasteiger partial charge on any atom is 0.418 e. The number of hydrogen-bond donors (Lipinski definition) is 0. The van der Waals surface area contributed by atoms with Gasteiger partial charge in [0.05, 0.1) is 17.7 Å². The molecule has 2 atom stereocenters. The van der Waals surface area contributed by atoms with Crippen LogP contribution in [0.2, 0.25) is 0 Å². The van der Waals surface area contributed by atoms with Crippen molar-refractivity contribution in [3.8, 4) is 5.75 Å². The fourth-order valence-corrected chi connectivity index (χ4v) is 3.21. The molecule has 0 aliphatic carbocycles. The van der Waals surface area contributed by atoms with E-state index < -0.39 is 11.7 Å². The molecule has 2 aliphatic rings. The maximum atomic E-state index is 12.9. The topological polar surface area (TPSA) is 45.7 Å². The quantitative estimate of drug-likeness (QED) is 0.736. The molecule has 1 unspecified atom stereocenters. The Labute approximate surface area is 137 Å². The third-order valence-corrected chi connectivity index (χ3v) is 4.33. The van der Waals surface area contributed by atoms with Gasteiger partial charge in [0.1, 0.15) is 0 Å². The van der Waals surface area contributed by atoms with Crippen LogP contribution >= 0.6 is 0 Å². The molecule has 0 aromatic carbocycles. The third-order valence-electron chi connectivity index (χ3n) is 4.33. The number of alkyl halides is 3. The van der Waals surface area contributed by atoms with Crippen molar-refractivity contribution in [3.63, 3.8) is 0 Å². The van der Waals surface area contributed by atoms with Gasteiger partial charge in [-0.05, 0) is 19.1 Å². The zero-order valence-electron chi connectivity index (χ0n) is 13.2. The Morgan fingerprint density at radius 1 is 1.46 bits per heavy atom. The number of amides is 1. The summed E-state index contributed by atoms with van der Waals surface area (Å²) in [5, 5.41) is 0. The van der Waals surface area contributed by atoms with Crippen LogP contribution in [0.25, 0.3) is 0 Å². The predicted molar refractivity (Wildman–Crippen MR) is 81.9 cm³/mol. The second kappa shape index (κ2) is 5.99. The van der Waals surface area contributed by atoms with Gasteiger partial charge in [0.15, 0.2) is 11.6 Å². The number of carbonyl (C=O) groups is 1. The van der Waals surface area contributed by atoms with Crippen molar-refractivity contribution in [2.24, 2.45) is 0 Å². The molecule has 1 saturated heterocycles. The molecule has 0 spiro atoms. The Hall–Kier alpha value is -2.25. The van der Waals surface area contributed by atoms with Crippen molar-refractivity contribution in [2.75, 3.05) is 24.5 Å². The van der Waals surface area contributed by atoms with Gasteiger partial charge in [-0.25, -0.2) is 4.98 Å². The highest BCUT2D eigenvalue weighted by Crippen LogP contribution is 2.39. The predicted octanol–water partition coefficient (Wildman–Crippen LogP) is 2.47. The minimum atomic E-state index is -4.46. The van der Waals surface area contributed by atoms with Gasteiger partial charge < -0.3 is 14.5 Å². The number of anilines is 1. The lowest BCUT2D eigenvalue weighted by Gasteiger charge is -2.41. The molecule has 8 heteroatoms. The highest BCUT2D eigenvalue weighted by atomic mass is 19.4. The molecule has 3 rings (SSSR count). The standard InChI is InChI=1S/C16H18F3N3O2/c1-3-14(23)21-4-5-22-12(9-21)6-10(2)24-13-7-11(16(17,18)19)8-20-15(13)22/h3,7-8,10,12H,1,4-6,9H2,2H3/t10?,12-/m0/s1. The van der Waals surface area contributed by atoms with Crippen molar-refractivity contribution in [1.29, 1.82) is 0 Å². The molecule has 0 saturated carbocycles. The monoisotopic (exact) mass is 341 g/mol. The van der Waals surface area contributed by atoms with E-state index in [2.05, 4.69) is 11.6 Å². The van der Waals surface area contributed by atoms with Gasteiger partial charge in [-0.15, -0.1) is 0 Å². The number of halogens is 3. The lowest BCUT2D eigenvalue weighted by molar-refractivity contribution is -0.138. The number of aromatic nitrogens is 1. The number of pyridine rings is 1. The smallest absolute Gasteiger partial charge is 0.418 e. The van der Waals surface area contributed by atoms with E-state index in [4.69, 9.17) is 4.74 Å². The minimum Gasteiger partial charge on any atom is -0.487 e. The second-order valence-electron chi connectivity index (χ2n) is 6.04. The summed E-state index contributed by atoms with van der Waals surface area (Å²) in [7, 11) is 0. The van der Waals surface area contributed by atoms with E-state index in [1.165, 1.54) is 6.08 Å². The molecular weight excluding hydrogens is 323 g/mol. The van der Waals surface area contributed by atoms with E-state index in [9.17, 15) is 18.0 Å². The summed E-state index contributed by atoms with van der Waals surface area (Å²) >= 11 is 0. The van der Waals surface area contributed by atoms with E-state index in [1.807, 2.05) is 11.8 Å². The van der Waals surface area contributed by atoms with Gasteiger partial charge in [0.25, 0.3) is 0 Å². The molecule has 0 bridgehead atoms. The van der Waals surface area contributed by atoms with Crippen molar-refractivity contribution >= 4 is 11.7 Å². The zero-order valence-corrected chi connectivity index (χ0v) is 13.2. The van der Waals surface area contributed by atoms with Crippen LogP contribution in [-0.4, -0.2) is 47.6 Å². The van der Waals surface area contributed by atoms with Gasteiger partial charge in [0.2, 0.25) is 5.91 Å². The van der Waals surface area contributed by atoms with Crippen LogP contribution in [0.15, 0.2) is 24.9 Å². The number of piperazine rings is 1. The second-order valence-corrected chi connectivity index (χ2v) is 6.04. The van der Waals surface area contributed by atoms with Gasteiger partial charge in [-0.2, -0.15) is 13.2 Å². The van der Waals surface area contributed by atoms with E-state index in [0.717, 1.165) is 12.3 Å². The van der Waals surface area contributed by atoms with Gasteiger partial charge in [-0.3, -0.25) is 4.79 Å². The maximum absolute atomic E-state index is 12.9. The Morgan fingerprint density at radius 3 is 2.88 bits per heavy atom. The molecule has 3 heterocycles. The average molecular weight is 341 g/mol. The molecule has 130 valence electrons. The first kappa shape index (κ1) is 16.6. The lowest BCUT2D eigenvalue weighted by atomic mass is 10.1.